The van der Waals surface area contributed by atoms with Crippen molar-refractivity contribution in [2.45, 2.75) is 52.0 Å². The molecule has 0 aliphatic heterocycles. The Bertz CT molecular complexity index is 126. The van der Waals surface area contributed by atoms with Crippen LogP contribution in [0.4, 0.5) is 0 Å². The molecule has 0 aromatic carbocycles. The first-order chi connectivity index (χ1) is 5.07. The highest BCUT2D eigenvalue weighted by Crippen LogP contribution is 2.30. The fourth-order valence-electron chi connectivity index (χ4n) is 1.16. The number of hydrogen-bond acceptors (Lipinski definition) is 1. The largest absolute Gasteiger partial charge is 0.350 e. The Hall–Kier alpha value is 0.394. The summed E-state index contributed by atoms with van der Waals surface area (Å²) in [6, 6.07) is 0. The Balaban J connectivity index is 4.41. The summed E-state index contributed by atoms with van der Waals surface area (Å²) in [6.07, 6.45) is 0. The van der Waals surface area contributed by atoms with Crippen LogP contribution in [0.3, 0.4) is 0 Å². The highest BCUT2D eigenvalue weighted by atomic mass is 28.4. The van der Waals surface area contributed by atoms with Gasteiger partial charge in [-0.3, -0.25) is 0 Å². The summed E-state index contributed by atoms with van der Waals surface area (Å²) in [5, 5.41) is 0.537. The van der Waals surface area contributed by atoms with Crippen LogP contribution in [0.5, 0.6) is 0 Å². The minimum atomic E-state index is -1.04. The number of nitrogens with zero attached hydrogens (tertiary/aromatic N) is 1. The first kappa shape index (κ1) is 12.4. The van der Waals surface area contributed by atoms with Gasteiger partial charge in [0.2, 0.25) is 0 Å². The predicted molar refractivity (Wildman–Crippen MR) is 63.8 cm³/mol. The van der Waals surface area contributed by atoms with E-state index in [0.29, 0.717) is 5.04 Å². The summed E-state index contributed by atoms with van der Waals surface area (Å²) < 4.78 is 2.72. The highest BCUT2D eigenvalue weighted by Gasteiger charge is 2.32. The molecule has 0 spiro atoms. The van der Waals surface area contributed by atoms with E-state index in [-0.39, 0.29) is 0 Å². The van der Waals surface area contributed by atoms with Crippen LogP contribution in [-0.2, 0) is 0 Å². The minimum absolute atomic E-state index is 0.537. The molecule has 0 bridgehead atoms. The molecule has 0 aliphatic carbocycles. The van der Waals surface area contributed by atoms with Crippen molar-refractivity contribution in [3.63, 3.8) is 0 Å². The molecule has 0 rings (SSSR count). The van der Waals surface area contributed by atoms with Gasteiger partial charge in [-0.15, -0.1) is 0 Å². The smallest absolute Gasteiger partial charge is 0.111 e. The maximum absolute atomic E-state index is 2.72. The Morgan fingerprint density at radius 3 is 1.50 bits per heavy atom. The number of hydrogen-bond donors (Lipinski definition) is 0. The molecule has 0 heterocycles. The number of rotatable bonds is 2. The summed E-state index contributed by atoms with van der Waals surface area (Å²) in [4.78, 5) is 0. The summed E-state index contributed by atoms with van der Waals surface area (Å²) in [6.45, 7) is 16.9. The summed E-state index contributed by atoms with van der Waals surface area (Å²) in [5.74, 6) is 0. The average molecular weight is 203 g/mol. The first-order valence-electron chi connectivity index (χ1n) is 4.80. The predicted octanol–water partition coefficient (Wildman–Crippen LogP) is 2.91. The Kier molecular flexibility index (Phi) is 3.76. The Morgan fingerprint density at radius 2 is 1.42 bits per heavy atom. The normalized spacial score (nSPS) is 16.8. The quantitative estimate of drug-likeness (QED) is 0.624. The molecule has 0 saturated carbocycles. The van der Waals surface area contributed by atoms with E-state index < -0.39 is 17.2 Å². The zero-order valence-corrected chi connectivity index (χ0v) is 12.2. The lowest BCUT2D eigenvalue weighted by Crippen LogP contribution is -2.53. The van der Waals surface area contributed by atoms with Gasteiger partial charge in [0.05, 0.1) is 0 Å². The second-order valence-electron chi connectivity index (χ2n) is 5.82. The van der Waals surface area contributed by atoms with Gasteiger partial charge in [-0.1, -0.05) is 47.0 Å². The molecule has 1 atom stereocenters. The van der Waals surface area contributed by atoms with E-state index in [4.69, 9.17) is 0 Å². The third-order valence-electron chi connectivity index (χ3n) is 2.89. The Morgan fingerprint density at radius 1 is 1.08 bits per heavy atom. The second-order valence-corrected chi connectivity index (χ2v) is 15.2. The summed E-state index contributed by atoms with van der Waals surface area (Å²) in [5.41, 5.74) is 0. The molecule has 0 aliphatic rings. The van der Waals surface area contributed by atoms with Crippen LogP contribution >= 0.6 is 0 Å². The van der Waals surface area contributed by atoms with E-state index in [2.05, 4.69) is 58.2 Å². The molecule has 0 aromatic heterocycles. The maximum atomic E-state index is 2.72. The molecule has 0 fully saturated rings. The van der Waals surface area contributed by atoms with E-state index in [1.807, 2.05) is 0 Å². The van der Waals surface area contributed by atoms with E-state index in [9.17, 15) is 0 Å². The van der Waals surface area contributed by atoms with Crippen molar-refractivity contribution in [2.75, 3.05) is 7.05 Å². The van der Waals surface area contributed by atoms with E-state index in [1.165, 1.54) is 0 Å². The monoisotopic (exact) mass is 203 g/mol. The fourth-order valence-corrected chi connectivity index (χ4v) is 8.13. The zero-order valence-electron chi connectivity index (χ0n) is 10.0. The standard InChI is InChI=1S/C9H25NSi2/c1-9(2,3)11(5)10(4)12(6,7)8/h11H,1-8H3. The van der Waals surface area contributed by atoms with Crippen LogP contribution in [0.2, 0.25) is 31.2 Å². The van der Waals surface area contributed by atoms with Gasteiger partial charge in [-0.2, -0.15) is 0 Å². The summed E-state index contributed by atoms with van der Waals surface area (Å²) in [7, 11) is 0.575. The van der Waals surface area contributed by atoms with Crippen molar-refractivity contribution < 1.29 is 0 Å². The third-order valence-corrected chi connectivity index (χ3v) is 12.2. The highest BCUT2D eigenvalue weighted by molar-refractivity contribution is 6.83. The van der Waals surface area contributed by atoms with Crippen LogP contribution in [0.1, 0.15) is 20.8 Å². The van der Waals surface area contributed by atoms with E-state index in [0.717, 1.165) is 0 Å². The molecule has 0 radical (unpaired) electrons. The average Bonchev–Trinajstić information content (AvgIpc) is 1.80. The van der Waals surface area contributed by atoms with Crippen LogP contribution < -0.4 is 0 Å². The lowest BCUT2D eigenvalue weighted by Gasteiger charge is -2.41. The fraction of sp³-hybridized carbons (Fsp3) is 1.00. The van der Waals surface area contributed by atoms with Crippen molar-refractivity contribution >= 4 is 17.2 Å². The molecule has 3 heteroatoms. The van der Waals surface area contributed by atoms with Crippen molar-refractivity contribution in [1.29, 1.82) is 0 Å². The third kappa shape index (κ3) is 3.41. The van der Waals surface area contributed by atoms with Crippen LogP contribution in [-0.4, -0.2) is 28.5 Å². The van der Waals surface area contributed by atoms with Crippen molar-refractivity contribution in [3.8, 4) is 0 Å². The molecular weight excluding hydrogens is 178 g/mol. The zero-order chi connectivity index (χ0) is 10.2. The van der Waals surface area contributed by atoms with E-state index in [1.54, 1.807) is 0 Å². The molecule has 0 saturated heterocycles. The topological polar surface area (TPSA) is 3.24 Å². The molecule has 1 nitrogen and oxygen atoms in total. The van der Waals surface area contributed by atoms with Crippen molar-refractivity contribution in [1.82, 2.24) is 4.23 Å². The second kappa shape index (κ2) is 3.64. The van der Waals surface area contributed by atoms with Gasteiger partial charge in [0.15, 0.2) is 0 Å². The lowest BCUT2D eigenvalue weighted by atomic mass is 10.3. The van der Waals surface area contributed by atoms with Gasteiger partial charge in [-0.25, -0.2) is 0 Å². The molecule has 12 heavy (non-hydrogen) atoms. The van der Waals surface area contributed by atoms with Gasteiger partial charge >= 0.3 is 0 Å². The first-order valence-corrected chi connectivity index (χ1v) is 10.5. The molecule has 0 N–H and O–H groups in total. The van der Waals surface area contributed by atoms with E-state index >= 15 is 0 Å². The Labute approximate surface area is 80.9 Å². The van der Waals surface area contributed by atoms with Gasteiger partial charge < -0.3 is 4.23 Å². The van der Waals surface area contributed by atoms with Gasteiger partial charge in [-0.05, 0) is 12.1 Å². The van der Waals surface area contributed by atoms with Gasteiger partial charge in [0.1, 0.15) is 17.2 Å². The van der Waals surface area contributed by atoms with Crippen molar-refractivity contribution in [2.24, 2.45) is 0 Å². The molecular formula is C9H25NSi2. The lowest BCUT2D eigenvalue weighted by molar-refractivity contribution is 0.650. The van der Waals surface area contributed by atoms with Gasteiger partial charge in [0, 0.05) is 0 Å². The summed E-state index contributed by atoms with van der Waals surface area (Å²) >= 11 is 0. The molecule has 0 amide bonds. The van der Waals surface area contributed by atoms with Crippen LogP contribution in [0, 0.1) is 0 Å². The minimum Gasteiger partial charge on any atom is -0.350 e. The van der Waals surface area contributed by atoms with Crippen LogP contribution in [0.15, 0.2) is 0 Å². The van der Waals surface area contributed by atoms with Crippen LogP contribution in [0.25, 0.3) is 0 Å². The van der Waals surface area contributed by atoms with Crippen molar-refractivity contribution in [3.05, 3.63) is 0 Å². The molecule has 0 aromatic rings. The maximum Gasteiger partial charge on any atom is 0.111 e. The SMILES string of the molecule is CN([SiH](C)C(C)(C)C)[Si](C)(C)C. The van der Waals surface area contributed by atoms with Gasteiger partial charge in [0.25, 0.3) is 0 Å². The molecule has 1 unspecified atom stereocenters. The molecule has 74 valence electrons.